The molecular formula is C24H22N2O2. The fraction of sp³-hybridized carbons (Fsp3) is 0.250. The van der Waals surface area contributed by atoms with Crippen LogP contribution in [-0.2, 0) is 30.6 Å². The Kier molecular flexibility index (Phi) is 4.99. The van der Waals surface area contributed by atoms with E-state index in [1.807, 2.05) is 12.1 Å². The van der Waals surface area contributed by atoms with Crippen molar-refractivity contribution in [2.75, 3.05) is 6.54 Å². The van der Waals surface area contributed by atoms with Gasteiger partial charge >= 0.3 is 0 Å². The van der Waals surface area contributed by atoms with Crippen LogP contribution >= 0.6 is 0 Å². The van der Waals surface area contributed by atoms with Crippen LogP contribution in [-0.4, -0.2) is 17.4 Å². The number of carbonyl (C=O) groups is 1. The molecule has 1 heterocycles. The number of rotatable bonds is 6. The Hall–Kier alpha value is -3.32. The molecule has 0 atom stereocenters. The van der Waals surface area contributed by atoms with Crippen LogP contribution in [0.15, 0.2) is 59.7 Å². The van der Waals surface area contributed by atoms with Crippen LogP contribution in [0.5, 0.6) is 0 Å². The van der Waals surface area contributed by atoms with Crippen LogP contribution in [0.2, 0.25) is 0 Å². The number of fused-ring (bicyclic) bond motifs is 2. The maximum Gasteiger partial charge on any atom is 0.227 e. The molecule has 0 bridgehead atoms. The van der Waals surface area contributed by atoms with E-state index < -0.39 is 0 Å². The summed E-state index contributed by atoms with van der Waals surface area (Å²) in [6.45, 7) is 4.75. The molecule has 28 heavy (non-hydrogen) atoms. The first-order chi connectivity index (χ1) is 13.7. The molecule has 4 heteroatoms. The van der Waals surface area contributed by atoms with Gasteiger partial charge in [0.1, 0.15) is 5.58 Å². The van der Waals surface area contributed by atoms with Crippen molar-refractivity contribution in [3.63, 3.8) is 0 Å². The third-order valence-electron chi connectivity index (χ3n) is 5.37. The Labute approximate surface area is 164 Å². The molecule has 2 aromatic carbocycles. The minimum atomic E-state index is 0.0347. The summed E-state index contributed by atoms with van der Waals surface area (Å²) >= 11 is 0. The molecule has 0 radical (unpaired) electrons. The highest BCUT2D eigenvalue weighted by Gasteiger charge is 2.19. The van der Waals surface area contributed by atoms with Crippen molar-refractivity contribution < 1.29 is 9.21 Å². The molecule has 0 saturated carbocycles. The van der Waals surface area contributed by atoms with Gasteiger partial charge in [0.05, 0.1) is 24.3 Å². The van der Waals surface area contributed by atoms with Gasteiger partial charge in [-0.25, -0.2) is 0 Å². The van der Waals surface area contributed by atoms with Crippen molar-refractivity contribution in [3.8, 4) is 6.07 Å². The third-order valence-corrected chi connectivity index (χ3v) is 5.37. The molecular weight excluding hydrogens is 348 g/mol. The summed E-state index contributed by atoms with van der Waals surface area (Å²) in [4.78, 5) is 14.8. The van der Waals surface area contributed by atoms with Crippen molar-refractivity contribution in [2.45, 2.75) is 32.2 Å². The van der Waals surface area contributed by atoms with Gasteiger partial charge in [-0.15, -0.1) is 6.58 Å². The molecule has 3 aromatic rings. The van der Waals surface area contributed by atoms with Gasteiger partial charge in [-0.3, -0.25) is 4.79 Å². The number of amides is 1. The van der Waals surface area contributed by atoms with Gasteiger partial charge in [0.2, 0.25) is 5.91 Å². The fourth-order valence-corrected chi connectivity index (χ4v) is 3.88. The summed E-state index contributed by atoms with van der Waals surface area (Å²) in [6, 6.07) is 13.8. The summed E-state index contributed by atoms with van der Waals surface area (Å²) in [5.41, 5.74) is 6.15. The molecule has 1 aromatic heterocycles. The molecule has 4 rings (SSSR count). The van der Waals surface area contributed by atoms with Crippen LogP contribution < -0.4 is 0 Å². The predicted octanol–water partition coefficient (Wildman–Crippen LogP) is 4.55. The van der Waals surface area contributed by atoms with Gasteiger partial charge in [0.15, 0.2) is 0 Å². The number of nitriles is 1. The van der Waals surface area contributed by atoms with E-state index in [1.165, 1.54) is 17.5 Å². The number of furan rings is 1. The molecule has 0 spiro atoms. The summed E-state index contributed by atoms with van der Waals surface area (Å²) in [5, 5.41) is 9.98. The van der Waals surface area contributed by atoms with E-state index >= 15 is 0 Å². The Morgan fingerprint density at radius 3 is 2.68 bits per heavy atom. The SMILES string of the molecule is C=CCN(Cc1ccc(C#N)cc1)C(=O)Cc1coc2cc3c(cc12)CCC3. The van der Waals surface area contributed by atoms with Gasteiger partial charge in [-0.2, -0.15) is 5.26 Å². The number of benzene rings is 2. The third kappa shape index (κ3) is 3.57. The molecule has 4 nitrogen and oxygen atoms in total. The second-order valence-electron chi connectivity index (χ2n) is 7.28. The molecule has 0 aliphatic heterocycles. The number of aryl methyl sites for hydroxylation is 2. The monoisotopic (exact) mass is 370 g/mol. The zero-order valence-corrected chi connectivity index (χ0v) is 15.8. The van der Waals surface area contributed by atoms with Crippen molar-refractivity contribution in [2.24, 2.45) is 0 Å². The lowest BCUT2D eigenvalue weighted by Crippen LogP contribution is -2.31. The van der Waals surface area contributed by atoms with E-state index in [9.17, 15) is 4.79 Å². The average Bonchev–Trinajstić information content (AvgIpc) is 3.33. The number of carbonyl (C=O) groups excluding carboxylic acids is 1. The molecule has 140 valence electrons. The van der Waals surface area contributed by atoms with E-state index in [2.05, 4.69) is 24.8 Å². The zero-order valence-electron chi connectivity index (χ0n) is 15.8. The van der Waals surface area contributed by atoms with Crippen molar-refractivity contribution >= 4 is 16.9 Å². The number of hydrogen-bond donors (Lipinski definition) is 0. The first-order valence-corrected chi connectivity index (χ1v) is 9.57. The Morgan fingerprint density at radius 2 is 1.96 bits per heavy atom. The van der Waals surface area contributed by atoms with E-state index in [1.54, 1.807) is 29.4 Å². The summed E-state index contributed by atoms with van der Waals surface area (Å²) in [7, 11) is 0. The number of nitrogens with zero attached hydrogens (tertiary/aromatic N) is 2. The predicted molar refractivity (Wildman–Crippen MR) is 109 cm³/mol. The molecule has 1 amide bonds. The highest BCUT2D eigenvalue weighted by Crippen LogP contribution is 2.30. The normalized spacial score (nSPS) is 12.5. The van der Waals surface area contributed by atoms with Crippen LogP contribution in [0.1, 0.15) is 34.2 Å². The van der Waals surface area contributed by atoms with Crippen LogP contribution in [0, 0.1) is 11.3 Å². The Bertz CT molecular complexity index is 1070. The second-order valence-corrected chi connectivity index (χ2v) is 7.28. The van der Waals surface area contributed by atoms with Gasteiger partial charge in [0, 0.05) is 24.0 Å². The summed E-state index contributed by atoms with van der Waals surface area (Å²) < 4.78 is 5.74. The first-order valence-electron chi connectivity index (χ1n) is 9.57. The lowest BCUT2D eigenvalue weighted by molar-refractivity contribution is -0.130. The lowest BCUT2D eigenvalue weighted by atomic mass is 10.0. The molecule has 1 aliphatic rings. The van der Waals surface area contributed by atoms with E-state index in [-0.39, 0.29) is 5.91 Å². The van der Waals surface area contributed by atoms with Crippen LogP contribution in [0.3, 0.4) is 0 Å². The Balaban J connectivity index is 1.53. The topological polar surface area (TPSA) is 57.2 Å². The van der Waals surface area contributed by atoms with Gasteiger partial charge in [-0.1, -0.05) is 18.2 Å². The minimum Gasteiger partial charge on any atom is -0.464 e. The average molecular weight is 370 g/mol. The molecule has 0 unspecified atom stereocenters. The first kappa shape index (κ1) is 18.1. The molecule has 0 fully saturated rings. The van der Waals surface area contributed by atoms with E-state index in [0.29, 0.717) is 25.1 Å². The van der Waals surface area contributed by atoms with E-state index in [4.69, 9.17) is 9.68 Å². The lowest BCUT2D eigenvalue weighted by Gasteiger charge is -2.21. The highest BCUT2D eigenvalue weighted by atomic mass is 16.3. The standard InChI is InChI=1S/C24H22N2O2/c1-2-10-26(15-18-8-6-17(14-25)7-9-18)24(27)13-21-16-28-23-12-20-5-3-4-19(20)11-22(21)23/h2,6-9,11-12,16H,1,3-5,10,13,15H2. The summed E-state index contributed by atoms with van der Waals surface area (Å²) in [5.74, 6) is 0.0347. The highest BCUT2D eigenvalue weighted by molar-refractivity contribution is 5.88. The van der Waals surface area contributed by atoms with Crippen molar-refractivity contribution in [1.29, 1.82) is 5.26 Å². The second kappa shape index (κ2) is 7.74. The molecule has 0 N–H and O–H groups in total. The number of hydrogen-bond acceptors (Lipinski definition) is 3. The van der Waals surface area contributed by atoms with Gasteiger partial charge < -0.3 is 9.32 Å². The van der Waals surface area contributed by atoms with Crippen molar-refractivity contribution in [1.82, 2.24) is 4.90 Å². The van der Waals surface area contributed by atoms with Gasteiger partial charge in [-0.05, 0) is 60.2 Å². The Morgan fingerprint density at radius 1 is 1.21 bits per heavy atom. The summed E-state index contributed by atoms with van der Waals surface area (Å²) in [6.07, 6.45) is 7.15. The zero-order chi connectivity index (χ0) is 19.5. The van der Waals surface area contributed by atoms with Gasteiger partial charge in [0.25, 0.3) is 0 Å². The quantitative estimate of drug-likeness (QED) is 0.598. The van der Waals surface area contributed by atoms with Crippen LogP contribution in [0.25, 0.3) is 11.0 Å². The van der Waals surface area contributed by atoms with Crippen molar-refractivity contribution in [3.05, 3.63) is 83.1 Å². The largest absolute Gasteiger partial charge is 0.464 e. The molecule has 1 aliphatic carbocycles. The van der Waals surface area contributed by atoms with E-state index in [0.717, 1.165) is 34.9 Å². The maximum absolute atomic E-state index is 13.0. The minimum absolute atomic E-state index is 0.0347. The molecule has 0 saturated heterocycles. The van der Waals surface area contributed by atoms with Crippen LogP contribution in [0.4, 0.5) is 0 Å². The smallest absolute Gasteiger partial charge is 0.227 e. The fourth-order valence-electron chi connectivity index (χ4n) is 3.88. The maximum atomic E-state index is 13.0.